The zero-order valence-corrected chi connectivity index (χ0v) is 24.1. The molecule has 2 saturated heterocycles. The molecule has 0 amide bonds. The van der Waals surface area contributed by atoms with E-state index in [0.717, 1.165) is 61.5 Å². The molecule has 0 unspecified atom stereocenters. The van der Waals surface area contributed by atoms with Gasteiger partial charge in [0.05, 0.1) is 19.2 Å². The van der Waals surface area contributed by atoms with E-state index in [1.807, 2.05) is 18.2 Å². The standard InChI is InChI=1S/C32H32ClFN4O4/c1-19(39)26-7-8-27-32(36-26)38(16-22-11-14-40-22)30(35-27)17-37-12-9-20(10-13-37)23-3-2-4-28-31(23)42-29(18-41-28)24-6-5-21(33)15-25(24)34/h2-8,15,20,22,29H,9-14,16-18H2,1H3/t22-,29-/m0/s1. The number of fused-ring (bicyclic) bond motifs is 2. The SMILES string of the molecule is CC(=O)c1ccc2nc(CN3CCC(c4cccc5c4O[C@H](c4ccc(Cl)cc4F)CO5)CC3)n(C[C@@H]3CCO3)c2n1. The second-order valence-corrected chi connectivity index (χ2v) is 11.8. The van der Waals surface area contributed by atoms with Crippen molar-refractivity contribution in [3.63, 3.8) is 0 Å². The van der Waals surface area contributed by atoms with Crippen LogP contribution in [-0.2, 0) is 17.8 Å². The van der Waals surface area contributed by atoms with E-state index >= 15 is 0 Å². The van der Waals surface area contributed by atoms with Crippen molar-refractivity contribution < 1.29 is 23.4 Å². The fourth-order valence-electron chi connectivity index (χ4n) is 6.14. The van der Waals surface area contributed by atoms with Crippen molar-refractivity contribution in [3.05, 3.63) is 82.0 Å². The van der Waals surface area contributed by atoms with Gasteiger partial charge in [0.15, 0.2) is 29.0 Å². The second-order valence-electron chi connectivity index (χ2n) is 11.3. The molecule has 218 valence electrons. The number of nitrogens with zero attached hydrogens (tertiary/aromatic N) is 4. The van der Waals surface area contributed by atoms with Gasteiger partial charge in [-0.1, -0.05) is 29.8 Å². The second kappa shape index (κ2) is 11.3. The van der Waals surface area contributed by atoms with Crippen LogP contribution in [0.1, 0.15) is 65.6 Å². The summed E-state index contributed by atoms with van der Waals surface area (Å²) < 4.78 is 35.0. The van der Waals surface area contributed by atoms with Crippen LogP contribution in [0.2, 0.25) is 5.02 Å². The number of benzene rings is 2. The third-order valence-electron chi connectivity index (χ3n) is 8.57. The molecular formula is C32H32ClFN4O4. The fourth-order valence-corrected chi connectivity index (χ4v) is 6.30. The van der Waals surface area contributed by atoms with Crippen LogP contribution in [0.25, 0.3) is 11.2 Å². The van der Waals surface area contributed by atoms with E-state index in [1.165, 1.54) is 13.0 Å². The first-order chi connectivity index (χ1) is 20.4. The summed E-state index contributed by atoms with van der Waals surface area (Å²) >= 11 is 5.96. The quantitative estimate of drug-likeness (QED) is 0.240. The number of halogens is 2. The van der Waals surface area contributed by atoms with Crippen molar-refractivity contribution in [1.29, 1.82) is 0 Å². The van der Waals surface area contributed by atoms with Gasteiger partial charge in [-0.3, -0.25) is 9.69 Å². The zero-order valence-electron chi connectivity index (χ0n) is 23.4. The van der Waals surface area contributed by atoms with Gasteiger partial charge >= 0.3 is 0 Å². The molecule has 7 rings (SSSR count). The number of ketones is 1. The van der Waals surface area contributed by atoms with Crippen LogP contribution in [0.15, 0.2) is 48.5 Å². The zero-order chi connectivity index (χ0) is 28.8. The Morgan fingerprint density at radius 3 is 2.64 bits per heavy atom. The minimum absolute atomic E-state index is 0.0599. The maximum atomic E-state index is 14.7. The lowest BCUT2D eigenvalue weighted by atomic mass is 9.88. The van der Waals surface area contributed by atoms with E-state index in [-0.39, 0.29) is 24.4 Å². The van der Waals surface area contributed by atoms with Crippen molar-refractivity contribution in [2.24, 2.45) is 0 Å². The first-order valence-corrected chi connectivity index (χ1v) is 14.9. The molecule has 8 nitrogen and oxygen atoms in total. The van der Waals surface area contributed by atoms with E-state index in [0.29, 0.717) is 40.9 Å². The Morgan fingerprint density at radius 2 is 1.90 bits per heavy atom. The minimum atomic E-state index is -0.541. The number of hydrogen-bond donors (Lipinski definition) is 0. The maximum Gasteiger partial charge on any atom is 0.178 e. The molecule has 2 aromatic carbocycles. The summed E-state index contributed by atoms with van der Waals surface area (Å²) in [4.78, 5) is 24.0. The van der Waals surface area contributed by atoms with Crippen LogP contribution in [-0.4, -0.2) is 57.6 Å². The number of imidazole rings is 1. The highest BCUT2D eigenvalue weighted by atomic mass is 35.5. The topological polar surface area (TPSA) is 78.7 Å². The molecule has 0 spiro atoms. The molecule has 2 fully saturated rings. The molecule has 2 aromatic heterocycles. The number of para-hydroxylation sites is 1. The van der Waals surface area contributed by atoms with Crippen LogP contribution in [0.3, 0.4) is 0 Å². The highest BCUT2D eigenvalue weighted by Crippen LogP contribution is 2.45. The Morgan fingerprint density at radius 1 is 1.07 bits per heavy atom. The molecule has 0 radical (unpaired) electrons. The number of piperidine rings is 1. The van der Waals surface area contributed by atoms with Crippen molar-refractivity contribution in [3.8, 4) is 11.5 Å². The average molecular weight is 591 g/mol. The highest BCUT2D eigenvalue weighted by Gasteiger charge is 2.31. The number of likely N-dealkylation sites (tertiary alicyclic amines) is 1. The maximum absolute atomic E-state index is 14.7. The van der Waals surface area contributed by atoms with Crippen molar-refractivity contribution in [2.75, 3.05) is 26.3 Å². The van der Waals surface area contributed by atoms with Gasteiger partial charge in [0.2, 0.25) is 0 Å². The van der Waals surface area contributed by atoms with Gasteiger partial charge in [-0.2, -0.15) is 0 Å². The predicted octanol–water partition coefficient (Wildman–Crippen LogP) is 6.11. The lowest BCUT2D eigenvalue weighted by Gasteiger charge is -2.35. The number of carbonyl (C=O) groups is 1. The van der Waals surface area contributed by atoms with Gasteiger partial charge in [0.1, 0.15) is 29.5 Å². The lowest BCUT2D eigenvalue weighted by molar-refractivity contribution is -0.0593. The molecule has 4 aromatic rings. The number of aromatic nitrogens is 3. The monoisotopic (exact) mass is 590 g/mol. The molecule has 10 heteroatoms. The largest absolute Gasteiger partial charge is 0.485 e. The Labute approximate surface area is 248 Å². The number of Topliss-reactive ketones (excluding diaryl/α,β-unsaturated/α-hetero) is 1. The van der Waals surface area contributed by atoms with Gasteiger partial charge in [-0.25, -0.2) is 14.4 Å². The van der Waals surface area contributed by atoms with Crippen LogP contribution in [0.4, 0.5) is 4.39 Å². The van der Waals surface area contributed by atoms with Gasteiger partial charge < -0.3 is 18.8 Å². The summed E-state index contributed by atoms with van der Waals surface area (Å²) in [5, 5.41) is 0.352. The molecule has 0 bridgehead atoms. The first-order valence-electron chi connectivity index (χ1n) is 14.5. The van der Waals surface area contributed by atoms with Gasteiger partial charge in [0, 0.05) is 29.7 Å². The number of rotatable bonds is 7. The minimum Gasteiger partial charge on any atom is -0.485 e. The van der Waals surface area contributed by atoms with Crippen molar-refractivity contribution in [2.45, 2.75) is 57.4 Å². The van der Waals surface area contributed by atoms with Gasteiger partial charge in [-0.05, 0) is 68.6 Å². The Bertz CT molecular complexity index is 1650. The average Bonchev–Trinajstić information content (AvgIpc) is 3.30. The normalized spacial score (nSPS) is 20.9. The molecular weight excluding hydrogens is 559 g/mol. The summed E-state index contributed by atoms with van der Waals surface area (Å²) in [7, 11) is 0. The fraction of sp³-hybridized carbons (Fsp3) is 0.406. The summed E-state index contributed by atoms with van der Waals surface area (Å²) in [6, 6.07) is 14.3. The van der Waals surface area contributed by atoms with Crippen LogP contribution in [0, 0.1) is 5.82 Å². The molecule has 3 aliphatic heterocycles. The molecule has 5 heterocycles. The first kappa shape index (κ1) is 27.3. The number of pyridine rings is 1. The Hall–Kier alpha value is -3.53. The highest BCUT2D eigenvalue weighted by molar-refractivity contribution is 6.30. The molecule has 2 atom stereocenters. The molecule has 0 saturated carbocycles. The van der Waals surface area contributed by atoms with Crippen LogP contribution < -0.4 is 9.47 Å². The molecule has 42 heavy (non-hydrogen) atoms. The summed E-state index contributed by atoms with van der Waals surface area (Å²) in [6.07, 6.45) is 2.50. The third-order valence-corrected chi connectivity index (χ3v) is 8.81. The van der Waals surface area contributed by atoms with Crippen molar-refractivity contribution >= 4 is 28.5 Å². The van der Waals surface area contributed by atoms with Crippen LogP contribution in [0.5, 0.6) is 11.5 Å². The molecule has 0 aliphatic carbocycles. The Balaban J connectivity index is 1.07. The van der Waals surface area contributed by atoms with E-state index in [4.69, 9.17) is 30.8 Å². The van der Waals surface area contributed by atoms with E-state index < -0.39 is 11.9 Å². The summed E-state index contributed by atoms with van der Waals surface area (Å²) in [6.45, 7) is 5.70. The smallest absolute Gasteiger partial charge is 0.178 e. The Kier molecular flexibility index (Phi) is 7.34. The van der Waals surface area contributed by atoms with E-state index in [2.05, 4.69) is 20.5 Å². The molecule has 0 N–H and O–H groups in total. The van der Waals surface area contributed by atoms with Crippen LogP contribution >= 0.6 is 11.6 Å². The van der Waals surface area contributed by atoms with E-state index in [9.17, 15) is 9.18 Å². The number of carbonyl (C=O) groups excluding carboxylic acids is 1. The summed E-state index contributed by atoms with van der Waals surface area (Å²) in [5.74, 6) is 2.17. The third kappa shape index (κ3) is 5.25. The predicted molar refractivity (Wildman–Crippen MR) is 156 cm³/mol. The van der Waals surface area contributed by atoms with E-state index in [1.54, 1.807) is 18.2 Å². The number of ether oxygens (including phenoxy) is 3. The van der Waals surface area contributed by atoms with Gasteiger partial charge in [0.25, 0.3) is 0 Å². The van der Waals surface area contributed by atoms with Crippen molar-refractivity contribution in [1.82, 2.24) is 19.4 Å². The lowest BCUT2D eigenvalue weighted by Crippen LogP contribution is -2.35. The molecule has 3 aliphatic rings. The van der Waals surface area contributed by atoms with Gasteiger partial charge in [-0.15, -0.1) is 0 Å². The number of hydrogen-bond acceptors (Lipinski definition) is 7. The summed E-state index contributed by atoms with van der Waals surface area (Å²) in [5.41, 5.74) is 3.52.